The number of rotatable bonds is 2. The first kappa shape index (κ1) is 11.9. The zero-order chi connectivity index (χ0) is 12.0. The number of hydrogen-bond acceptors (Lipinski definition) is 4. The molecule has 92 valence electrons. The van der Waals surface area contributed by atoms with Crippen LogP contribution in [0.1, 0.15) is 33.6 Å². The molecule has 1 unspecified atom stereocenters. The zero-order valence-corrected chi connectivity index (χ0v) is 10.8. The number of nitrogens with zero attached hydrogens (tertiary/aromatic N) is 2. The van der Waals surface area contributed by atoms with Crippen LogP contribution in [-0.4, -0.2) is 41.9 Å². The highest BCUT2D eigenvalue weighted by Crippen LogP contribution is 2.43. The van der Waals surface area contributed by atoms with Crippen molar-refractivity contribution < 1.29 is 4.84 Å². The largest absolute Gasteiger partial charge is 0.399 e. The maximum Gasteiger partial charge on any atom is 0.106 e. The van der Waals surface area contributed by atoms with Gasteiger partial charge >= 0.3 is 0 Å². The molecule has 1 atom stereocenters. The second kappa shape index (κ2) is 3.70. The molecular formula is C12H23N3O. The van der Waals surface area contributed by atoms with Crippen molar-refractivity contribution in [2.75, 3.05) is 20.2 Å². The van der Waals surface area contributed by atoms with Gasteiger partial charge < -0.3 is 10.6 Å². The normalized spacial score (nSPS) is 32.1. The lowest BCUT2D eigenvalue weighted by Crippen LogP contribution is -2.42. The fourth-order valence-corrected chi connectivity index (χ4v) is 2.42. The van der Waals surface area contributed by atoms with Gasteiger partial charge in [0.2, 0.25) is 0 Å². The minimum absolute atomic E-state index is 0.00262. The SMILES string of the molecule is CO/N=C1\CN(C(C)(C)C)CC1C1(N)CC1. The summed E-state index contributed by atoms with van der Waals surface area (Å²) < 4.78 is 0. The molecule has 0 aromatic rings. The second-order valence-corrected chi connectivity index (χ2v) is 6.10. The van der Waals surface area contributed by atoms with Gasteiger partial charge in [-0.15, -0.1) is 0 Å². The number of nitrogens with two attached hydrogens (primary N) is 1. The van der Waals surface area contributed by atoms with Gasteiger partial charge in [0.15, 0.2) is 0 Å². The van der Waals surface area contributed by atoms with E-state index in [1.54, 1.807) is 7.11 Å². The van der Waals surface area contributed by atoms with Crippen molar-refractivity contribution in [1.29, 1.82) is 0 Å². The monoisotopic (exact) mass is 225 g/mol. The summed E-state index contributed by atoms with van der Waals surface area (Å²) in [7, 11) is 1.61. The summed E-state index contributed by atoms with van der Waals surface area (Å²) in [6, 6.07) is 0. The van der Waals surface area contributed by atoms with E-state index in [1.807, 2.05) is 0 Å². The summed E-state index contributed by atoms with van der Waals surface area (Å²) in [5.41, 5.74) is 7.61. The van der Waals surface area contributed by atoms with Crippen molar-refractivity contribution in [3.63, 3.8) is 0 Å². The van der Waals surface area contributed by atoms with E-state index in [1.165, 1.54) is 0 Å². The summed E-state index contributed by atoms with van der Waals surface area (Å²) in [6.07, 6.45) is 2.25. The summed E-state index contributed by atoms with van der Waals surface area (Å²) in [5.74, 6) is 0.381. The molecular weight excluding hydrogens is 202 g/mol. The van der Waals surface area contributed by atoms with Crippen molar-refractivity contribution in [3.8, 4) is 0 Å². The third-order valence-corrected chi connectivity index (χ3v) is 3.84. The van der Waals surface area contributed by atoms with Crippen molar-refractivity contribution in [3.05, 3.63) is 0 Å². The number of hydrogen-bond donors (Lipinski definition) is 1. The molecule has 2 rings (SSSR count). The molecule has 0 radical (unpaired) electrons. The van der Waals surface area contributed by atoms with Crippen LogP contribution in [0.4, 0.5) is 0 Å². The third kappa shape index (κ3) is 2.09. The van der Waals surface area contributed by atoms with Crippen LogP contribution in [0.3, 0.4) is 0 Å². The minimum atomic E-state index is -0.00262. The van der Waals surface area contributed by atoms with Crippen LogP contribution in [0.5, 0.6) is 0 Å². The van der Waals surface area contributed by atoms with E-state index < -0.39 is 0 Å². The molecule has 0 aromatic heterocycles. The van der Waals surface area contributed by atoms with Crippen LogP contribution in [0.2, 0.25) is 0 Å². The predicted molar refractivity (Wildman–Crippen MR) is 65.4 cm³/mol. The molecule has 1 saturated heterocycles. The maximum absolute atomic E-state index is 6.31. The molecule has 1 aliphatic carbocycles. The summed E-state index contributed by atoms with van der Waals surface area (Å²) in [5, 5.41) is 4.17. The molecule has 2 aliphatic rings. The van der Waals surface area contributed by atoms with E-state index in [4.69, 9.17) is 10.6 Å². The molecule has 1 saturated carbocycles. The Morgan fingerprint density at radius 1 is 1.44 bits per heavy atom. The van der Waals surface area contributed by atoms with Crippen LogP contribution in [-0.2, 0) is 4.84 Å². The Hall–Kier alpha value is -0.610. The molecule has 2 fully saturated rings. The average Bonchev–Trinajstić information content (AvgIpc) is 2.76. The van der Waals surface area contributed by atoms with Crippen molar-refractivity contribution in [2.45, 2.75) is 44.7 Å². The van der Waals surface area contributed by atoms with Crippen LogP contribution < -0.4 is 5.73 Å². The second-order valence-electron chi connectivity index (χ2n) is 6.10. The molecule has 0 spiro atoms. The highest BCUT2D eigenvalue weighted by Gasteiger charge is 2.52. The maximum atomic E-state index is 6.31. The van der Waals surface area contributed by atoms with Crippen LogP contribution in [0, 0.1) is 5.92 Å². The number of oxime groups is 1. The summed E-state index contributed by atoms with van der Waals surface area (Å²) in [6.45, 7) is 8.60. The third-order valence-electron chi connectivity index (χ3n) is 3.84. The Morgan fingerprint density at radius 3 is 2.50 bits per heavy atom. The van der Waals surface area contributed by atoms with Gasteiger partial charge in [0, 0.05) is 30.1 Å². The molecule has 16 heavy (non-hydrogen) atoms. The lowest BCUT2D eigenvalue weighted by Gasteiger charge is -2.31. The van der Waals surface area contributed by atoms with Crippen molar-refractivity contribution in [2.24, 2.45) is 16.8 Å². The van der Waals surface area contributed by atoms with E-state index in [0.29, 0.717) is 5.92 Å². The molecule has 1 aliphatic heterocycles. The average molecular weight is 225 g/mol. The molecule has 4 heteroatoms. The van der Waals surface area contributed by atoms with Gasteiger partial charge in [-0.3, -0.25) is 4.90 Å². The summed E-state index contributed by atoms with van der Waals surface area (Å²) >= 11 is 0. The number of likely N-dealkylation sites (tertiary alicyclic amines) is 1. The Morgan fingerprint density at radius 2 is 2.06 bits per heavy atom. The zero-order valence-electron chi connectivity index (χ0n) is 10.8. The Bertz CT molecular complexity index is 302. The van der Waals surface area contributed by atoms with Gasteiger partial charge in [0.25, 0.3) is 0 Å². The first-order valence-corrected chi connectivity index (χ1v) is 6.01. The van der Waals surface area contributed by atoms with E-state index in [0.717, 1.165) is 31.6 Å². The van der Waals surface area contributed by atoms with Crippen molar-refractivity contribution >= 4 is 5.71 Å². The smallest absolute Gasteiger partial charge is 0.106 e. The molecule has 0 aromatic carbocycles. The lowest BCUT2D eigenvalue weighted by atomic mass is 9.95. The van der Waals surface area contributed by atoms with E-state index in [-0.39, 0.29) is 11.1 Å². The molecule has 0 bridgehead atoms. The fourth-order valence-electron chi connectivity index (χ4n) is 2.42. The molecule has 2 N–H and O–H groups in total. The summed E-state index contributed by atoms with van der Waals surface area (Å²) in [4.78, 5) is 7.38. The molecule has 0 amide bonds. The van der Waals surface area contributed by atoms with Crippen LogP contribution >= 0.6 is 0 Å². The van der Waals surface area contributed by atoms with Gasteiger partial charge in [-0.2, -0.15) is 0 Å². The Labute approximate surface area is 97.8 Å². The Balaban J connectivity index is 2.15. The van der Waals surface area contributed by atoms with Crippen LogP contribution in [0.25, 0.3) is 0 Å². The van der Waals surface area contributed by atoms with Crippen LogP contribution in [0.15, 0.2) is 5.16 Å². The molecule has 1 heterocycles. The standard InChI is InChI=1S/C12H23N3O/c1-11(2,3)15-7-9(12(13)5-6-12)10(8-15)14-16-4/h9H,5-8,13H2,1-4H3/b14-10+. The topological polar surface area (TPSA) is 50.8 Å². The van der Waals surface area contributed by atoms with Gasteiger partial charge in [-0.25, -0.2) is 0 Å². The van der Waals surface area contributed by atoms with Gasteiger partial charge in [-0.1, -0.05) is 5.16 Å². The lowest BCUT2D eigenvalue weighted by molar-refractivity contribution is 0.165. The van der Waals surface area contributed by atoms with Gasteiger partial charge in [-0.05, 0) is 33.6 Å². The van der Waals surface area contributed by atoms with E-state index in [9.17, 15) is 0 Å². The predicted octanol–water partition coefficient (Wildman–Crippen LogP) is 1.21. The Kier molecular flexibility index (Phi) is 2.75. The first-order chi connectivity index (χ1) is 7.37. The highest BCUT2D eigenvalue weighted by atomic mass is 16.6. The van der Waals surface area contributed by atoms with Crippen molar-refractivity contribution in [1.82, 2.24) is 4.90 Å². The van der Waals surface area contributed by atoms with Gasteiger partial charge in [0.1, 0.15) is 7.11 Å². The highest BCUT2D eigenvalue weighted by molar-refractivity contribution is 5.92. The van der Waals surface area contributed by atoms with E-state index in [2.05, 4.69) is 30.8 Å². The first-order valence-electron chi connectivity index (χ1n) is 6.01. The van der Waals surface area contributed by atoms with E-state index >= 15 is 0 Å². The quantitative estimate of drug-likeness (QED) is 0.719. The fraction of sp³-hybridized carbons (Fsp3) is 0.917. The minimum Gasteiger partial charge on any atom is -0.399 e. The van der Waals surface area contributed by atoms with Gasteiger partial charge in [0.05, 0.1) is 5.71 Å². The molecule has 4 nitrogen and oxygen atoms in total.